The number of hydrogen-bond donors (Lipinski definition) is 0. The van der Waals surface area contributed by atoms with Gasteiger partial charge in [0.1, 0.15) is 0 Å². The molecule has 0 fully saturated rings. The minimum absolute atomic E-state index is 1.25. The number of terminal acetylenes is 1. The van der Waals surface area contributed by atoms with Crippen LogP contribution in [0.4, 0.5) is 0 Å². The zero-order valence-corrected chi connectivity index (χ0v) is 13.5. The van der Waals surface area contributed by atoms with Crippen LogP contribution in [0.5, 0.6) is 0 Å². The Morgan fingerprint density at radius 3 is 2.27 bits per heavy atom. The topological polar surface area (TPSA) is 0 Å². The summed E-state index contributed by atoms with van der Waals surface area (Å²) in [6.07, 6.45) is 5.40. The summed E-state index contributed by atoms with van der Waals surface area (Å²) < 4.78 is 0. The van der Waals surface area contributed by atoms with Gasteiger partial charge in [-0.05, 0) is 33.0 Å². The highest BCUT2D eigenvalue weighted by Gasteiger charge is 2.31. The van der Waals surface area contributed by atoms with Crippen LogP contribution in [0.2, 0.25) is 6.55 Å². The molecular weight excluding hydrogens is 280 g/mol. The van der Waals surface area contributed by atoms with Crippen molar-refractivity contribution in [2.45, 2.75) is 6.55 Å². The number of benzene rings is 3. The molecule has 3 rings (SSSR count). The van der Waals surface area contributed by atoms with Crippen molar-refractivity contribution < 1.29 is 0 Å². The number of fused-ring (bicyclic) bond motifs is 1. The summed E-state index contributed by atoms with van der Waals surface area (Å²) in [4.78, 5) is 0. The van der Waals surface area contributed by atoms with Crippen LogP contribution in [-0.4, -0.2) is 8.07 Å². The van der Waals surface area contributed by atoms with Gasteiger partial charge in [-0.15, -0.1) is 12.0 Å². The molecule has 0 aliphatic heterocycles. The summed E-state index contributed by atoms with van der Waals surface area (Å²) in [6, 6.07) is 25.5. The normalized spacial score (nSPS) is 12.7. The van der Waals surface area contributed by atoms with Crippen molar-refractivity contribution in [3.8, 4) is 23.8 Å². The van der Waals surface area contributed by atoms with E-state index in [1.54, 1.807) is 0 Å². The Kier molecular flexibility index (Phi) is 3.83. The summed E-state index contributed by atoms with van der Waals surface area (Å²) in [5.74, 6) is 5.37. The van der Waals surface area contributed by atoms with Crippen molar-refractivity contribution in [1.82, 2.24) is 0 Å². The van der Waals surface area contributed by atoms with Gasteiger partial charge < -0.3 is 0 Å². The molecular formula is C21H16Si. The smallest absolute Gasteiger partial charge is 0.106 e. The van der Waals surface area contributed by atoms with E-state index in [1.165, 1.54) is 21.1 Å². The van der Waals surface area contributed by atoms with E-state index in [2.05, 4.69) is 90.7 Å². The molecule has 0 spiro atoms. The second-order valence-corrected chi connectivity index (χ2v) is 9.03. The first kappa shape index (κ1) is 14.2. The molecule has 0 aliphatic carbocycles. The molecule has 3 aromatic carbocycles. The monoisotopic (exact) mass is 296 g/mol. The molecule has 1 heteroatoms. The third-order valence-corrected chi connectivity index (χ3v) is 7.69. The molecule has 0 amide bonds. The van der Waals surface area contributed by atoms with Crippen molar-refractivity contribution in [1.29, 1.82) is 0 Å². The van der Waals surface area contributed by atoms with E-state index < -0.39 is 8.07 Å². The maximum atomic E-state index is 5.40. The van der Waals surface area contributed by atoms with Crippen LogP contribution in [0, 0.1) is 23.8 Å². The van der Waals surface area contributed by atoms with Gasteiger partial charge in [0.2, 0.25) is 0 Å². The predicted molar refractivity (Wildman–Crippen MR) is 97.9 cm³/mol. The van der Waals surface area contributed by atoms with Gasteiger partial charge >= 0.3 is 0 Å². The highest BCUT2D eigenvalue weighted by atomic mass is 28.3. The van der Waals surface area contributed by atoms with E-state index in [9.17, 15) is 0 Å². The minimum atomic E-state index is -2.19. The summed E-state index contributed by atoms with van der Waals surface area (Å²) in [5, 5.41) is 5.13. The van der Waals surface area contributed by atoms with Crippen LogP contribution in [0.1, 0.15) is 0 Å². The Hall–Kier alpha value is -2.74. The highest BCUT2D eigenvalue weighted by Crippen LogP contribution is 2.15. The lowest BCUT2D eigenvalue weighted by Gasteiger charge is -2.24. The second-order valence-electron chi connectivity index (χ2n) is 5.41. The summed E-state index contributed by atoms with van der Waals surface area (Å²) in [6.45, 7) is 2.27. The Balaban J connectivity index is 2.33. The average Bonchev–Trinajstić information content (AvgIpc) is 2.60. The first-order valence-corrected chi connectivity index (χ1v) is 9.77. The Morgan fingerprint density at radius 1 is 0.818 bits per heavy atom. The third kappa shape index (κ3) is 2.44. The minimum Gasteiger partial charge on any atom is -0.106 e. The van der Waals surface area contributed by atoms with Crippen LogP contribution in [0.3, 0.4) is 0 Å². The zero-order valence-electron chi connectivity index (χ0n) is 12.5. The lowest BCUT2D eigenvalue weighted by atomic mass is 10.1. The van der Waals surface area contributed by atoms with Crippen LogP contribution in [0.25, 0.3) is 10.8 Å². The van der Waals surface area contributed by atoms with Crippen molar-refractivity contribution in [2.75, 3.05) is 0 Å². The van der Waals surface area contributed by atoms with Crippen molar-refractivity contribution in [3.63, 3.8) is 0 Å². The number of hydrogen-bond acceptors (Lipinski definition) is 0. The lowest BCUT2D eigenvalue weighted by molar-refractivity contribution is 1.72. The van der Waals surface area contributed by atoms with E-state index in [1.807, 2.05) is 6.07 Å². The molecule has 22 heavy (non-hydrogen) atoms. The van der Waals surface area contributed by atoms with Gasteiger partial charge in [-0.3, -0.25) is 0 Å². The molecule has 0 aliphatic rings. The molecule has 1 atom stereocenters. The Bertz CT molecular complexity index is 902. The fourth-order valence-corrected chi connectivity index (χ4v) is 5.86. The van der Waals surface area contributed by atoms with Gasteiger partial charge in [0, 0.05) is 0 Å². The average molecular weight is 296 g/mol. The first-order valence-electron chi connectivity index (χ1n) is 7.27. The van der Waals surface area contributed by atoms with E-state index >= 15 is 0 Å². The van der Waals surface area contributed by atoms with E-state index in [0.717, 1.165) is 0 Å². The molecule has 0 saturated heterocycles. The Labute approximate surface area is 132 Å². The van der Waals surface area contributed by atoms with Crippen molar-refractivity contribution in [3.05, 3.63) is 72.8 Å². The Morgan fingerprint density at radius 2 is 1.50 bits per heavy atom. The molecule has 0 aromatic heterocycles. The molecule has 0 radical (unpaired) electrons. The molecule has 0 nitrogen and oxygen atoms in total. The predicted octanol–water partition coefficient (Wildman–Crippen LogP) is 3.21. The van der Waals surface area contributed by atoms with Crippen molar-refractivity contribution >= 4 is 29.2 Å². The largest absolute Gasteiger partial charge is 0.198 e. The SMILES string of the molecule is C#CC#C[Si@@](C)(c1ccccc1)c1cccc2ccccc12. The standard InChI is InChI=1S/C21H16Si/c1-3-4-17-22(2,19-13-6-5-7-14-19)21-16-10-12-18-11-8-9-15-20(18)21/h1,5-16H,2H3/t22-/m0/s1. The van der Waals surface area contributed by atoms with E-state index in [4.69, 9.17) is 6.42 Å². The van der Waals surface area contributed by atoms with Crippen LogP contribution in [0.15, 0.2) is 72.8 Å². The second kappa shape index (κ2) is 5.94. The quantitative estimate of drug-likeness (QED) is 0.503. The van der Waals surface area contributed by atoms with Gasteiger partial charge in [0.05, 0.1) is 0 Å². The molecule has 104 valence electrons. The summed E-state index contributed by atoms with van der Waals surface area (Å²) >= 11 is 0. The fourth-order valence-electron chi connectivity index (χ4n) is 2.89. The fraction of sp³-hybridized carbons (Fsp3) is 0.0476. The third-order valence-electron chi connectivity index (χ3n) is 4.06. The van der Waals surface area contributed by atoms with Gasteiger partial charge in [-0.1, -0.05) is 79.3 Å². The van der Waals surface area contributed by atoms with Gasteiger partial charge in [0.15, 0.2) is 8.07 Å². The lowest BCUT2D eigenvalue weighted by Crippen LogP contribution is -2.55. The molecule has 0 unspecified atom stereocenters. The first-order chi connectivity index (χ1) is 10.8. The van der Waals surface area contributed by atoms with Crippen LogP contribution in [-0.2, 0) is 0 Å². The summed E-state index contributed by atoms with van der Waals surface area (Å²) in [5.41, 5.74) is 3.42. The van der Waals surface area contributed by atoms with Crippen molar-refractivity contribution in [2.24, 2.45) is 0 Å². The van der Waals surface area contributed by atoms with Crippen LogP contribution < -0.4 is 10.4 Å². The van der Waals surface area contributed by atoms with Gasteiger partial charge in [0.25, 0.3) is 0 Å². The molecule has 0 N–H and O–H groups in total. The summed E-state index contributed by atoms with van der Waals surface area (Å²) in [7, 11) is -2.19. The highest BCUT2D eigenvalue weighted by molar-refractivity contribution is 7.08. The van der Waals surface area contributed by atoms with Crippen LogP contribution >= 0.6 is 0 Å². The maximum Gasteiger partial charge on any atom is 0.198 e. The maximum absolute atomic E-state index is 5.40. The molecule has 0 bridgehead atoms. The number of rotatable bonds is 2. The van der Waals surface area contributed by atoms with Gasteiger partial charge in [-0.2, -0.15) is 0 Å². The van der Waals surface area contributed by atoms with E-state index in [0.29, 0.717) is 0 Å². The van der Waals surface area contributed by atoms with Gasteiger partial charge in [-0.25, -0.2) is 0 Å². The molecule has 0 heterocycles. The molecule has 0 saturated carbocycles. The zero-order chi connectivity index (χ0) is 15.4. The van der Waals surface area contributed by atoms with E-state index in [-0.39, 0.29) is 0 Å². The molecule has 3 aromatic rings.